The number of carbonyl (C=O) groups is 2. The van der Waals surface area contributed by atoms with Crippen LogP contribution in [0.25, 0.3) is 0 Å². The van der Waals surface area contributed by atoms with Crippen LogP contribution in [0, 0.1) is 0 Å². The number of rotatable bonds is 66. The van der Waals surface area contributed by atoms with Gasteiger partial charge in [-0.2, -0.15) is 0 Å². The number of esters is 2. The van der Waals surface area contributed by atoms with Crippen molar-refractivity contribution in [3.63, 3.8) is 0 Å². The third-order valence-electron chi connectivity index (χ3n) is 16.0. The number of nitrogens with zero attached hydrogens (tertiary/aromatic N) is 1. The maximum absolute atomic E-state index is 12.8. The minimum atomic E-state index is -4.64. The Labute approximate surface area is 492 Å². The number of phosphoric ester groups is 1. The van der Waals surface area contributed by atoms with Crippen LogP contribution in [-0.4, -0.2) is 70.0 Å². The van der Waals surface area contributed by atoms with Gasteiger partial charge in [-0.15, -0.1) is 0 Å². The molecule has 0 N–H and O–H groups in total. The number of phosphoric acid groups is 1. The van der Waals surface area contributed by atoms with Crippen LogP contribution in [0.1, 0.15) is 367 Å². The topological polar surface area (TPSA) is 111 Å². The van der Waals surface area contributed by atoms with Crippen molar-refractivity contribution in [3.8, 4) is 0 Å². The van der Waals surface area contributed by atoms with Gasteiger partial charge in [-0.3, -0.25) is 14.2 Å². The lowest BCUT2D eigenvalue weighted by Gasteiger charge is -2.28. The van der Waals surface area contributed by atoms with Crippen LogP contribution >= 0.6 is 7.82 Å². The molecule has 79 heavy (non-hydrogen) atoms. The number of unbranched alkanes of at least 4 members (excludes halogenated alkanes) is 50. The summed E-state index contributed by atoms with van der Waals surface area (Å²) in [6, 6.07) is 0. The van der Waals surface area contributed by atoms with E-state index in [1.54, 1.807) is 0 Å². The van der Waals surface area contributed by atoms with Crippen LogP contribution in [-0.2, 0) is 32.7 Å². The number of hydrogen-bond donors (Lipinski definition) is 0. The molecule has 0 saturated heterocycles. The monoisotopic (exact) mass is 1140 g/mol. The molecule has 0 fully saturated rings. The maximum Gasteiger partial charge on any atom is 0.306 e. The van der Waals surface area contributed by atoms with Gasteiger partial charge < -0.3 is 27.9 Å². The summed E-state index contributed by atoms with van der Waals surface area (Å²) in [6.07, 6.45) is 74.4. The lowest BCUT2D eigenvalue weighted by molar-refractivity contribution is -0.870. The quantitative estimate of drug-likeness (QED) is 0.0195. The Balaban J connectivity index is 3.96. The summed E-state index contributed by atoms with van der Waals surface area (Å²) in [5.74, 6) is -0.810. The lowest BCUT2D eigenvalue weighted by Crippen LogP contribution is -2.37. The largest absolute Gasteiger partial charge is 0.756 e. The number of carbonyl (C=O) groups excluding carboxylic acids is 2. The van der Waals surface area contributed by atoms with E-state index in [0.717, 1.165) is 38.5 Å². The van der Waals surface area contributed by atoms with Crippen LogP contribution in [0.4, 0.5) is 0 Å². The Morgan fingerprint density at radius 2 is 0.646 bits per heavy atom. The molecule has 0 rings (SSSR count). The third-order valence-corrected chi connectivity index (χ3v) is 17.0. The molecule has 0 aliphatic carbocycles. The summed E-state index contributed by atoms with van der Waals surface area (Å²) in [6.45, 7) is 4.32. The van der Waals surface area contributed by atoms with Gasteiger partial charge >= 0.3 is 11.9 Å². The van der Waals surface area contributed by atoms with Crippen molar-refractivity contribution in [2.45, 2.75) is 373 Å². The summed E-state index contributed by atoms with van der Waals surface area (Å²) >= 11 is 0. The van der Waals surface area contributed by atoms with Gasteiger partial charge in [0.1, 0.15) is 19.8 Å². The zero-order chi connectivity index (χ0) is 57.7. The Kier molecular flexibility index (Phi) is 60.3. The van der Waals surface area contributed by atoms with Crippen molar-refractivity contribution in [1.82, 2.24) is 0 Å². The minimum Gasteiger partial charge on any atom is -0.756 e. The zero-order valence-electron chi connectivity index (χ0n) is 53.6. The number of hydrogen-bond acceptors (Lipinski definition) is 8. The van der Waals surface area contributed by atoms with E-state index in [1.807, 2.05) is 21.1 Å². The molecule has 0 bridgehead atoms. The van der Waals surface area contributed by atoms with Crippen molar-refractivity contribution in [2.75, 3.05) is 47.5 Å². The van der Waals surface area contributed by atoms with Crippen LogP contribution < -0.4 is 4.89 Å². The Hall–Kier alpha value is -1.25. The number of likely N-dealkylation sites (N-methyl/N-ethyl adjacent to an activating group) is 1. The van der Waals surface area contributed by atoms with E-state index in [9.17, 15) is 19.0 Å². The molecule has 0 aromatic heterocycles. The SMILES string of the molecule is CCCCCCCCCC/C=C\CCCCCCCCCCCCCC(=O)OC(COC(=O)CCCCCCCCCCCCCCCCCCCCCCCCCCCCCCCCCC)COP(=O)([O-])OCC[N+](C)(C)C. The van der Waals surface area contributed by atoms with Crippen molar-refractivity contribution >= 4 is 19.8 Å². The van der Waals surface area contributed by atoms with Crippen LogP contribution in [0.3, 0.4) is 0 Å². The first-order valence-corrected chi connectivity index (χ1v) is 36.4. The molecule has 0 aliphatic rings. The van der Waals surface area contributed by atoms with E-state index in [4.69, 9.17) is 18.5 Å². The van der Waals surface area contributed by atoms with Gasteiger partial charge in [0.05, 0.1) is 27.7 Å². The van der Waals surface area contributed by atoms with Crippen LogP contribution in [0.5, 0.6) is 0 Å². The molecule has 2 unspecified atom stereocenters. The summed E-state index contributed by atoms with van der Waals surface area (Å²) in [7, 11) is 1.19. The van der Waals surface area contributed by atoms with Gasteiger partial charge in [0.25, 0.3) is 7.82 Å². The number of quaternary nitrogens is 1. The van der Waals surface area contributed by atoms with E-state index in [-0.39, 0.29) is 32.0 Å². The summed E-state index contributed by atoms with van der Waals surface area (Å²) < 4.78 is 34.3. The molecule has 10 heteroatoms. The summed E-state index contributed by atoms with van der Waals surface area (Å²) in [5.41, 5.74) is 0. The molecule has 470 valence electrons. The average molecular weight is 1140 g/mol. The van der Waals surface area contributed by atoms with Gasteiger partial charge in [-0.05, 0) is 38.5 Å². The number of allylic oxidation sites excluding steroid dienone is 2. The highest BCUT2D eigenvalue weighted by Gasteiger charge is 2.22. The van der Waals surface area contributed by atoms with Crippen molar-refractivity contribution < 1.29 is 42.1 Å². The first kappa shape index (κ1) is 77.8. The predicted molar refractivity (Wildman–Crippen MR) is 338 cm³/mol. The van der Waals surface area contributed by atoms with Gasteiger partial charge in [0, 0.05) is 12.8 Å². The van der Waals surface area contributed by atoms with Crippen LogP contribution in [0.2, 0.25) is 0 Å². The highest BCUT2D eigenvalue weighted by atomic mass is 31.2. The molecule has 0 heterocycles. The van der Waals surface area contributed by atoms with Gasteiger partial charge in [-0.1, -0.05) is 328 Å². The average Bonchev–Trinajstić information content (AvgIpc) is 3.41. The lowest BCUT2D eigenvalue weighted by atomic mass is 10.0. The Morgan fingerprint density at radius 3 is 0.937 bits per heavy atom. The van der Waals surface area contributed by atoms with Crippen molar-refractivity contribution in [1.29, 1.82) is 0 Å². The maximum atomic E-state index is 12.8. The molecular weight excluding hydrogens is 1000 g/mol. The fraction of sp³-hybridized carbons (Fsp3) is 0.942. The standard InChI is InChI=1S/C69H136NO8P/c1-6-8-10-12-14-16-18-20-22-24-26-28-30-31-32-33-34-35-36-37-38-40-41-43-45-47-49-51-53-55-57-59-61-68(71)75-65-67(66-77-79(73,74)76-64-63-70(3,4)5)78-69(72)62-60-58-56-54-52-50-48-46-44-42-39-29-27-25-23-21-19-17-15-13-11-9-7-2/h25,27,67H,6-24,26,28-66H2,1-5H3/b27-25-. The molecule has 0 aliphatic heterocycles. The zero-order valence-corrected chi connectivity index (χ0v) is 54.5. The second-order valence-corrected chi connectivity index (χ2v) is 26.7. The third kappa shape index (κ3) is 65.8. The summed E-state index contributed by atoms with van der Waals surface area (Å²) in [4.78, 5) is 38.0. The fourth-order valence-electron chi connectivity index (χ4n) is 10.7. The van der Waals surface area contributed by atoms with E-state index in [0.29, 0.717) is 17.4 Å². The van der Waals surface area contributed by atoms with Crippen molar-refractivity contribution in [2.24, 2.45) is 0 Å². The Morgan fingerprint density at radius 1 is 0.380 bits per heavy atom. The molecular formula is C69H136NO8P. The number of ether oxygens (including phenoxy) is 2. The second kappa shape index (κ2) is 61.3. The first-order chi connectivity index (χ1) is 38.5. The molecule has 0 radical (unpaired) electrons. The van der Waals surface area contributed by atoms with Crippen LogP contribution in [0.15, 0.2) is 12.2 Å². The van der Waals surface area contributed by atoms with E-state index in [2.05, 4.69) is 26.0 Å². The van der Waals surface area contributed by atoms with E-state index in [1.165, 1.54) is 295 Å². The molecule has 0 aromatic carbocycles. The fourth-order valence-corrected chi connectivity index (χ4v) is 11.4. The van der Waals surface area contributed by atoms with E-state index < -0.39 is 26.5 Å². The highest BCUT2D eigenvalue weighted by molar-refractivity contribution is 7.45. The molecule has 0 aromatic rings. The second-order valence-electron chi connectivity index (χ2n) is 25.3. The predicted octanol–water partition coefficient (Wildman–Crippen LogP) is 21.7. The minimum absolute atomic E-state index is 0.0268. The van der Waals surface area contributed by atoms with Crippen molar-refractivity contribution in [3.05, 3.63) is 12.2 Å². The van der Waals surface area contributed by atoms with E-state index >= 15 is 0 Å². The molecule has 0 saturated carbocycles. The van der Waals surface area contributed by atoms with Gasteiger partial charge in [-0.25, -0.2) is 0 Å². The molecule has 0 amide bonds. The molecule has 0 spiro atoms. The van der Waals surface area contributed by atoms with Gasteiger partial charge in [0.2, 0.25) is 0 Å². The normalized spacial score (nSPS) is 13.1. The molecule has 9 nitrogen and oxygen atoms in total. The Bertz CT molecular complexity index is 1340. The first-order valence-electron chi connectivity index (χ1n) is 34.9. The molecule has 2 atom stereocenters. The summed E-state index contributed by atoms with van der Waals surface area (Å²) in [5, 5.41) is 0. The smallest absolute Gasteiger partial charge is 0.306 e. The van der Waals surface area contributed by atoms with Gasteiger partial charge in [0.15, 0.2) is 6.10 Å². The highest BCUT2D eigenvalue weighted by Crippen LogP contribution is 2.38.